The summed E-state index contributed by atoms with van der Waals surface area (Å²) in [7, 11) is -0.556. The van der Waals surface area contributed by atoms with E-state index in [0.29, 0.717) is 0 Å². The molecule has 0 aromatic carbocycles. The van der Waals surface area contributed by atoms with Crippen LogP contribution in [0, 0.1) is 6.92 Å². The maximum absolute atomic E-state index is 11.2. The lowest BCUT2D eigenvalue weighted by atomic mass is 10.3. The minimum Gasteiger partial charge on any atom is -0.311 e. The van der Waals surface area contributed by atoms with Gasteiger partial charge >= 0.3 is 0 Å². The first kappa shape index (κ1) is 13.2. The van der Waals surface area contributed by atoms with Gasteiger partial charge in [0.1, 0.15) is 0 Å². The third-order valence-corrected chi connectivity index (χ3v) is 5.43. The Balaban J connectivity index is 1.60. The van der Waals surface area contributed by atoms with Crippen molar-refractivity contribution in [1.29, 1.82) is 0 Å². The van der Waals surface area contributed by atoms with E-state index in [1.165, 1.54) is 10.4 Å². The Morgan fingerprint density at radius 2 is 2.24 bits per heavy atom. The van der Waals surface area contributed by atoms with Crippen LogP contribution in [-0.4, -0.2) is 46.8 Å². The molecule has 0 bridgehead atoms. The van der Waals surface area contributed by atoms with E-state index in [0.717, 1.165) is 44.2 Å². The first-order valence-electron chi connectivity index (χ1n) is 6.07. The Morgan fingerprint density at radius 1 is 1.47 bits per heavy atom. The second-order valence-corrected chi connectivity index (χ2v) is 7.09. The Morgan fingerprint density at radius 3 is 2.88 bits per heavy atom. The van der Waals surface area contributed by atoms with Crippen LogP contribution in [0.2, 0.25) is 0 Å². The lowest BCUT2D eigenvalue weighted by Gasteiger charge is -2.25. The van der Waals surface area contributed by atoms with Crippen molar-refractivity contribution in [2.75, 3.05) is 37.7 Å². The minimum absolute atomic E-state index is 0.556. The van der Waals surface area contributed by atoms with E-state index in [9.17, 15) is 4.21 Å². The van der Waals surface area contributed by atoms with Gasteiger partial charge < -0.3 is 10.2 Å². The zero-order valence-corrected chi connectivity index (χ0v) is 11.9. The summed E-state index contributed by atoms with van der Waals surface area (Å²) in [4.78, 5) is 3.83. The summed E-state index contributed by atoms with van der Waals surface area (Å²) in [6.45, 7) is 7.21. The first-order chi connectivity index (χ1) is 8.25. The van der Waals surface area contributed by atoms with E-state index in [1.807, 2.05) is 11.3 Å². The quantitative estimate of drug-likeness (QED) is 0.818. The SMILES string of the molecule is Cc1ccsc1CNCCN1CCS(=O)CC1. The predicted molar refractivity (Wildman–Crippen MR) is 75.1 cm³/mol. The largest absolute Gasteiger partial charge is 0.311 e. The van der Waals surface area contributed by atoms with E-state index in [-0.39, 0.29) is 0 Å². The number of hydrogen-bond acceptors (Lipinski definition) is 4. The van der Waals surface area contributed by atoms with Gasteiger partial charge in [0.15, 0.2) is 0 Å². The van der Waals surface area contributed by atoms with Crippen LogP contribution in [0.25, 0.3) is 0 Å². The smallest absolute Gasteiger partial charge is 0.0363 e. The van der Waals surface area contributed by atoms with Crippen LogP contribution in [0.3, 0.4) is 0 Å². The number of aryl methyl sites for hydroxylation is 1. The minimum atomic E-state index is -0.556. The molecule has 0 radical (unpaired) electrons. The van der Waals surface area contributed by atoms with E-state index in [2.05, 4.69) is 28.6 Å². The van der Waals surface area contributed by atoms with Gasteiger partial charge in [-0.2, -0.15) is 0 Å². The topological polar surface area (TPSA) is 32.3 Å². The molecule has 0 spiro atoms. The molecule has 96 valence electrons. The van der Waals surface area contributed by atoms with Crippen LogP contribution in [0.5, 0.6) is 0 Å². The number of hydrogen-bond donors (Lipinski definition) is 1. The van der Waals surface area contributed by atoms with E-state index in [1.54, 1.807) is 0 Å². The Bertz CT molecular complexity index is 368. The molecule has 0 aliphatic carbocycles. The molecule has 5 heteroatoms. The molecule has 1 aromatic rings. The number of nitrogens with zero attached hydrogens (tertiary/aromatic N) is 1. The van der Waals surface area contributed by atoms with Gasteiger partial charge in [-0.3, -0.25) is 4.21 Å². The maximum Gasteiger partial charge on any atom is 0.0363 e. The summed E-state index contributed by atoms with van der Waals surface area (Å²) in [5, 5.41) is 5.63. The van der Waals surface area contributed by atoms with E-state index in [4.69, 9.17) is 0 Å². The average Bonchev–Trinajstić information content (AvgIpc) is 2.73. The molecule has 1 aliphatic rings. The lowest BCUT2D eigenvalue weighted by molar-refractivity contribution is 0.298. The van der Waals surface area contributed by atoms with Gasteiger partial charge in [-0.05, 0) is 23.9 Å². The molecule has 2 heterocycles. The Kier molecular flexibility index (Phi) is 5.16. The number of rotatable bonds is 5. The van der Waals surface area contributed by atoms with Crippen molar-refractivity contribution in [3.8, 4) is 0 Å². The lowest BCUT2D eigenvalue weighted by Crippen LogP contribution is -2.41. The summed E-state index contributed by atoms with van der Waals surface area (Å²) >= 11 is 1.82. The molecule has 0 amide bonds. The molecule has 0 unspecified atom stereocenters. The summed E-state index contributed by atoms with van der Waals surface area (Å²) in [5.74, 6) is 1.70. The zero-order valence-electron chi connectivity index (χ0n) is 10.3. The van der Waals surface area contributed by atoms with Crippen LogP contribution < -0.4 is 5.32 Å². The van der Waals surface area contributed by atoms with Crippen molar-refractivity contribution in [2.45, 2.75) is 13.5 Å². The number of thiophene rings is 1. The number of nitrogens with one attached hydrogen (secondary N) is 1. The van der Waals surface area contributed by atoms with Crippen LogP contribution in [-0.2, 0) is 17.3 Å². The highest BCUT2D eigenvalue weighted by atomic mass is 32.2. The molecule has 0 saturated carbocycles. The van der Waals surface area contributed by atoms with Crippen molar-refractivity contribution >= 4 is 22.1 Å². The van der Waals surface area contributed by atoms with Crippen LogP contribution in [0.1, 0.15) is 10.4 Å². The summed E-state index contributed by atoms with van der Waals surface area (Å²) in [6.07, 6.45) is 0. The van der Waals surface area contributed by atoms with Crippen LogP contribution in [0.15, 0.2) is 11.4 Å². The first-order valence-corrected chi connectivity index (χ1v) is 8.43. The molecule has 1 aromatic heterocycles. The van der Waals surface area contributed by atoms with Gasteiger partial charge in [0, 0.05) is 59.9 Å². The Hall–Kier alpha value is -0.230. The van der Waals surface area contributed by atoms with Gasteiger partial charge in [0.2, 0.25) is 0 Å². The monoisotopic (exact) mass is 272 g/mol. The summed E-state index contributed by atoms with van der Waals surface area (Å²) in [6, 6.07) is 2.17. The molecule has 1 aliphatic heterocycles. The second kappa shape index (κ2) is 6.64. The third kappa shape index (κ3) is 4.17. The van der Waals surface area contributed by atoms with Crippen molar-refractivity contribution in [1.82, 2.24) is 10.2 Å². The highest BCUT2D eigenvalue weighted by Crippen LogP contribution is 2.14. The fourth-order valence-electron chi connectivity index (χ4n) is 1.92. The van der Waals surface area contributed by atoms with Gasteiger partial charge in [0.25, 0.3) is 0 Å². The molecule has 1 N–H and O–H groups in total. The normalized spacial score (nSPS) is 18.6. The van der Waals surface area contributed by atoms with Crippen molar-refractivity contribution in [3.63, 3.8) is 0 Å². The molecule has 0 atom stereocenters. The molecule has 2 rings (SSSR count). The second-order valence-electron chi connectivity index (χ2n) is 4.39. The van der Waals surface area contributed by atoms with Crippen molar-refractivity contribution < 1.29 is 4.21 Å². The van der Waals surface area contributed by atoms with Crippen molar-refractivity contribution in [3.05, 3.63) is 21.9 Å². The van der Waals surface area contributed by atoms with Gasteiger partial charge in [0.05, 0.1) is 0 Å². The fourth-order valence-corrected chi connectivity index (χ4v) is 3.93. The van der Waals surface area contributed by atoms with Gasteiger partial charge in [-0.25, -0.2) is 0 Å². The third-order valence-electron chi connectivity index (χ3n) is 3.13. The molecule has 1 fully saturated rings. The summed E-state index contributed by atoms with van der Waals surface area (Å²) < 4.78 is 11.2. The molecular formula is C12H20N2OS2. The van der Waals surface area contributed by atoms with Crippen molar-refractivity contribution in [2.24, 2.45) is 0 Å². The van der Waals surface area contributed by atoms with Gasteiger partial charge in [-0.15, -0.1) is 11.3 Å². The fraction of sp³-hybridized carbons (Fsp3) is 0.667. The standard InChI is InChI=1S/C12H20N2OS2/c1-11-2-7-16-12(11)10-13-3-4-14-5-8-17(15)9-6-14/h2,7,13H,3-6,8-10H2,1H3. The molecular weight excluding hydrogens is 252 g/mol. The van der Waals surface area contributed by atoms with E-state index < -0.39 is 10.8 Å². The Labute approximate surface area is 110 Å². The van der Waals surface area contributed by atoms with Crippen LogP contribution in [0.4, 0.5) is 0 Å². The van der Waals surface area contributed by atoms with Gasteiger partial charge in [-0.1, -0.05) is 0 Å². The molecule has 3 nitrogen and oxygen atoms in total. The maximum atomic E-state index is 11.2. The average molecular weight is 272 g/mol. The molecule has 17 heavy (non-hydrogen) atoms. The molecule has 1 saturated heterocycles. The zero-order chi connectivity index (χ0) is 12.1. The van der Waals surface area contributed by atoms with Crippen LogP contribution >= 0.6 is 11.3 Å². The summed E-state index contributed by atoms with van der Waals surface area (Å²) in [5.41, 5.74) is 1.39. The predicted octanol–water partition coefficient (Wildman–Crippen LogP) is 1.21. The van der Waals surface area contributed by atoms with E-state index >= 15 is 0 Å². The highest BCUT2D eigenvalue weighted by Gasteiger charge is 2.13. The highest BCUT2D eigenvalue weighted by molar-refractivity contribution is 7.85.